The average molecular weight is 464 g/mol. The zero-order valence-electron chi connectivity index (χ0n) is 16.7. The molecule has 3 aromatic rings. The maximum atomic E-state index is 13.0. The first-order valence-corrected chi connectivity index (χ1v) is 9.97. The Labute approximate surface area is 185 Å². The van der Waals surface area contributed by atoms with E-state index in [4.69, 9.17) is 11.6 Å². The van der Waals surface area contributed by atoms with Crippen molar-refractivity contribution in [1.29, 1.82) is 0 Å². The van der Waals surface area contributed by atoms with Crippen molar-refractivity contribution in [2.45, 2.75) is 18.6 Å². The summed E-state index contributed by atoms with van der Waals surface area (Å²) in [5.41, 5.74) is 0.341. The highest BCUT2D eigenvalue weighted by atomic mass is 35.5. The van der Waals surface area contributed by atoms with E-state index < -0.39 is 23.8 Å². The number of benzene rings is 1. The number of pyridine rings is 1. The fraction of sp³-hybridized carbons (Fsp3) is 0.238. The third kappa shape index (κ3) is 4.05. The Bertz CT molecular complexity index is 1180. The number of rotatable bonds is 3. The molecule has 32 heavy (non-hydrogen) atoms. The zero-order chi connectivity index (χ0) is 23.0. The van der Waals surface area contributed by atoms with Gasteiger partial charge in [0.05, 0.1) is 39.8 Å². The fourth-order valence-electron chi connectivity index (χ4n) is 3.64. The van der Waals surface area contributed by atoms with Crippen molar-refractivity contribution < 1.29 is 22.8 Å². The highest BCUT2D eigenvalue weighted by molar-refractivity contribution is 6.33. The Hall–Kier alpha value is -3.40. The Morgan fingerprint density at radius 2 is 1.91 bits per heavy atom. The summed E-state index contributed by atoms with van der Waals surface area (Å²) >= 11 is 6.11. The molecule has 0 fully saturated rings. The number of nitrogens with one attached hydrogen (secondary N) is 1. The molecule has 1 atom stereocenters. The Balaban J connectivity index is 1.58. The van der Waals surface area contributed by atoms with Gasteiger partial charge in [0, 0.05) is 19.8 Å². The number of amides is 2. The Morgan fingerprint density at radius 1 is 1.16 bits per heavy atom. The molecule has 0 saturated heterocycles. The van der Waals surface area contributed by atoms with Crippen LogP contribution in [-0.2, 0) is 13.2 Å². The maximum absolute atomic E-state index is 13.0. The van der Waals surface area contributed by atoms with Gasteiger partial charge in [-0.25, -0.2) is 0 Å². The number of aryl methyl sites for hydroxylation is 1. The van der Waals surface area contributed by atoms with Crippen LogP contribution >= 0.6 is 11.6 Å². The molecule has 1 aliphatic rings. The largest absolute Gasteiger partial charge is 0.433 e. The van der Waals surface area contributed by atoms with Crippen molar-refractivity contribution in [1.82, 2.24) is 20.1 Å². The molecule has 0 spiro atoms. The van der Waals surface area contributed by atoms with Crippen LogP contribution in [0.25, 0.3) is 0 Å². The number of fused-ring (bicyclic) bond motifs is 1. The monoisotopic (exact) mass is 463 g/mol. The highest BCUT2D eigenvalue weighted by Crippen LogP contribution is 2.35. The van der Waals surface area contributed by atoms with Crippen molar-refractivity contribution in [3.05, 3.63) is 76.3 Å². The van der Waals surface area contributed by atoms with E-state index in [1.54, 1.807) is 36.0 Å². The second-order valence-electron chi connectivity index (χ2n) is 7.22. The van der Waals surface area contributed by atoms with Gasteiger partial charge in [0.2, 0.25) is 0 Å². The molecular weight excluding hydrogens is 447 g/mol. The normalized spacial score (nSPS) is 15.9. The molecule has 4 rings (SSSR count). The minimum absolute atomic E-state index is 0.0198. The minimum atomic E-state index is -4.59. The van der Waals surface area contributed by atoms with Crippen molar-refractivity contribution in [2.24, 2.45) is 7.05 Å². The van der Waals surface area contributed by atoms with E-state index >= 15 is 0 Å². The number of nitrogens with zero attached hydrogens (tertiary/aromatic N) is 4. The van der Waals surface area contributed by atoms with Gasteiger partial charge in [0.15, 0.2) is 0 Å². The molecule has 166 valence electrons. The van der Waals surface area contributed by atoms with E-state index in [1.807, 2.05) is 0 Å². The molecule has 2 amide bonds. The summed E-state index contributed by atoms with van der Waals surface area (Å²) in [6, 6.07) is 8.08. The molecule has 11 heteroatoms. The molecule has 0 aliphatic carbocycles. The highest BCUT2D eigenvalue weighted by Gasteiger charge is 2.35. The van der Waals surface area contributed by atoms with E-state index in [1.165, 1.54) is 11.1 Å². The number of hydrogen-bond acceptors (Lipinski definition) is 4. The molecule has 0 saturated carbocycles. The lowest BCUT2D eigenvalue weighted by molar-refractivity contribution is -0.141. The molecule has 0 bridgehead atoms. The van der Waals surface area contributed by atoms with E-state index in [2.05, 4.69) is 15.4 Å². The first-order chi connectivity index (χ1) is 15.2. The summed E-state index contributed by atoms with van der Waals surface area (Å²) in [6.45, 7) is 0.228. The van der Waals surface area contributed by atoms with Crippen LogP contribution in [0.1, 0.15) is 44.6 Å². The first-order valence-electron chi connectivity index (χ1n) is 9.59. The quantitative estimate of drug-likeness (QED) is 0.636. The van der Waals surface area contributed by atoms with Crippen LogP contribution in [0.15, 0.2) is 48.8 Å². The molecular formula is C21H17ClF3N5O2. The van der Waals surface area contributed by atoms with Crippen molar-refractivity contribution in [2.75, 3.05) is 11.4 Å². The van der Waals surface area contributed by atoms with Crippen molar-refractivity contribution in [3.63, 3.8) is 0 Å². The maximum Gasteiger partial charge on any atom is 0.433 e. The number of alkyl halides is 3. The molecule has 0 radical (unpaired) electrons. The second kappa shape index (κ2) is 8.27. The second-order valence-corrected chi connectivity index (χ2v) is 7.63. The van der Waals surface area contributed by atoms with Gasteiger partial charge in [-0.2, -0.15) is 18.3 Å². The summed E-state index contributed by atoms with van der Waals surface area (Å²) in [4.78, 5) is 30.5. The van der Waals surface area contributed by atoms with Crippen LogP contribution in [0.2, 0.25) is 5.02 Å². The number of anilines is 1. The summed E-state index contributed by atoms with van der Waals surface area (Å²) < 4.78 is 39.8. The lowest BCUT2D eigenvalue weighted by atomic mass is 10.0. The predicted molar refractivity (Wildman–Crippen MR) is 110 cm³/mol. The first kappa shape index (κ1) is 21.8. The summed E-state index contributed by atoms with van der Waals surface area (Å²) in [5, 5.41) is 7.44. The molecule has 7 nitrogen and oxygen atoms in total. The van der Waals surface area contributed by atoms with Gasteiger partial charge in [-0.15, -0.1) is 0 Å². The minimum Gasteiger partial charge on any atom is -0.343 e. The smallest absolute Gasteiger partial charge is 0.343 e. The van der Waals surface area contributed by atoms with Crippen LogP contribution in [0, 0.1) is 0 Å². The standard InChI is InChI=1S/C21H17ClF3N5O2/c1-29-18-15(28-19(31)13-4-2-3-5-14(13)22)8-9-30(16(18)11-27-29)20(32)12-6-7-17(26-10-12)21(23,24)25/h2-7,10-11,15H,8-9H2,1H3,(H,28,31). The van der Waals surface area contributed by atoms with Gasteiger partial charge < -0.3 is 10.2 Å². The summed E-state index contributed by atoms with van der Waals surface area (Å²) in [5.74, 6) is -0.865. The molecule has 3 heterocycles. The van der Waals surface area contributed by atoms with E-state index in [0.717, 1.165) is 18.3 Å². The zero-order valence-corrected chi connectivity index (χ0v) is 17.5. The molecule has 1 aliphatic heterocycles. The number of aromatic nitrogens is 3. The summed E-state index contributed by atoms with van der Waals surface area (Å²) in [6.07, 6.45) is -1.82. The average Bonchev–Trinajstić information content (AvgIpc) is 3.15. The van der Waals surface area contributed by atoms with Crippen molar-refractivity contribution >= 4 is 29.1 Å². The Morgan fingerprint density at radius 3 is 2.56 bits per heavy atom. The van der Waals surface area contributed by atoms with Gasteiger partial charge >= 0.3 is 6.18 Å². The van der Waals surface area contributed by atoms with Gasteiger partial charge in [-0.3, -0.25) is 19.3 Å². The topological polar surface area (TPSA) is 80.1 Å². The third-order valence-electron chi connectivity index (χ3n) is 5.20. The van der Waals surface area contributed by atoms with Gasteiger partial charge in [0.25, 0.3) is 11.8 Å². The molecule has 1 unspecified atom stereocenters. The van der Waals surface area contributed by atoms with Crippen molar-refractivity contribution in [3.8, 4) is 0 Å². The van der Waals surface area contributed by atoms with E-state index in [-0.39, 0.29) is 18.0 Å². The predicted octanol–water partition coefficient (Wildman–Crippen LogP) is 4.01. The molecule has 2 aromatic heterocycles. The summed E-state index contributed by atoms with van der Waals surface area (Å²) in [7, 11) is 1.68. The van der Waals surface area contributed by atoms with Crippen LogP contribution in [0.4, 0.5) is 18.9 Å². The van der Waals surface area contributed by atoms with Gasteiger partial charge in [-0.05, 0) is 30.7 Å². The fourth-order valence-corrected chi connectivity index (χ4v) is 3.86. The van der Waals surface area contributed by atoms with Crippen LogP contribution in [-0.4, -0.2) is 33.1 Å². The van der Waals surface area contributed by atoms with E-state index in [9.17, 15) is 22.8 Å². The van der Waals surface area contributed by atoms with Crippen LogP contribution < -0.4 is 10.2 Å². The molecule has 1 aromatic carbocycles. The molecule has 1 N–H and O–H groups in total. The van der Waals surface area contributed by atoms with Crippen LogP contribution in [0.3, 0.4) is 0 Å². The lowest BCUT2D eigenvalue weighted by Gasteiger charge is -2.32. The van der Waals surface area contributed by atoms with Gasteiger partial charge in [0.1, 0.15) is 5.69 Å². The van der Waals surface area contributed by atoms with E-state index in [0.29, 0.717) is 28.4 Å². The number of carbonyl (C=O) groups excluding carboxylic acids is 2. The Kier molecular flexibility index (Phi) is 5.64. The third-order valence-corrected chi connectivity index (χ3v) is 5.53. The number of hydrogen-bond donors (Lipinski definition) is 1. The lowest BCUT2D eigenvalue weighted by Crippen LogP contribution is -2.41. The van der Waals surface area contributed by atoms with Gasteiger partial charge in [-0.1, -0.05) is 23.7 Å². The number of halogens is 4. The SMILES string of the molecule is Cn1ncc2c1C(NC(=O)c1ccccc1Cl)CCN2C(=O)c1ccc(C(F)(F)F)nc1. The number of carbonyl (C=O) groups is 2. The van der Waals surface area contributed by atoms with Crippen LogP contribution in [0.5, 0.6) is 0 Å².